The molecule has 0 aliphatic rings. The summed E-state index contributed by atoms with van der Waals surface area (Å²) in [4.78, 5) is 12.5. The highest BCUT2D eigenvalue weighted by atomic mass is 19.1. The van der Waals surface area contributed by atoms with E-state index in [1.165, 1.54) is 12.4 Å². The lowest BCUT2D eigenvalue weighted by Gasteiger charge is -2.14. The molecule has 0 spiro atoms. The van der Waals surface area contributed by atoms with Crippen molar-refractivity contribution in [3.8, 4) is 22.8 Å². The van der Waals surface area contributed by atoms with Crippen molar-refractivity contribution in [1.82, 2.24) is 29.9 Å². The molecule has 136 valence electrons. The maximum atomic E-state index is 13.8. The molecule has 27 heavy (non-hydrogen) atoms. The zero-order valence-corrected chi connectivity index (χ0v) is 14.5. The van der Waals surface area contributed by atoms with Gasteiger partial charge in [0, 0.05) is 12.2 Å². The Kier molecular flexibility index (Phi) is 4.56. The van der Waals surface area contributed by atoms with Crippen molar-refractivity contribution in [2.24, 2.45) is 0 Å². The Morgan fingerprint density at radius 2 is 2.11 bits per heavy atom. The van der Waals surface area contributed by atoms with Crippen LogP contribution in [0.1, 0.15) is 6.92 Å². The van der Waals surface area contributed by atoms with E-state index in [1.54, 1.807) is 35.4 Å². The summed E-state index contributed by atoms with van der Waals surface area (Å²) in [7, 11) is 0. The second kappa shape index (κ2) is 7.32. The molecule has 0 saturated carbocycles. The van der Waals surface area contributed by atoms with Gasteiger partial charge >= 0.3 is 0 Å². The third-order valence-corrected chi connectivity index (χ3v) is 3.87. The molecule has 0 amide bonds. The predicted octanol–water partition coefficient (Wildman–Crippen LogP) is 3.03. The lowest BCUT2D eigenvalue weighted by molar-refractivity contribution is 0.431. The molecule has 0 radical (unpaired) electrons. The van der Waals surface area contributed by atoms with Crippen molar-refractivity contribution in [1.29, 1.82) is 0 Å². The van der Waals surface area contributed by atoms with Crippen molar-refractivity contribution >= 4 is 5.82 Å². The van der Waals surface area contributed by atoms with Crippen LogP contribution in [0.4, 0.5) is 10.2 Å². The average Bonchev–Trinajstić information content (AvgIpc) is 3.35. The highest BCUT2D eigenvalue weighted by Crippen LogP contribution is 2.24. The normalized spacial score (nSPS) is 12.1. The molecule has 9 heteroatoms. The van der Waals surface area contributed by atoms with E-state index in [0.29, 0.717) is 23.5 Å². The molecular formula is C18H16FN7O. The summed E-state index contributed by atoms with van der Waals surface area (Å²) >= 11 is 0. The predicted molar refractivity (Wildman–Crippen MR) is 96.0 cm³/mol. The molecule has 0 aliphatic heterocycles. The van der Waals surface area contributed by atoms with Gasteiger partial charge < -0.3 is 9.84 Å². The van der Waals surface area contributed by atoms with Gasteiger partial charge in [-0.25, -0.2) is 14.4 Å². The summed E-state index contributed by atoms with van der Waals surface area (Å²) < 4.78 is 20.8. The van der Waals surface area contributed by atoms with Crippen LogP contribution < -0.4 is 5.32 Å². The van der Waals surface area contributed by atoms with Crippen molar-refractivity contribution in [3.63, 3.8) is 0 Å². The van der Waals surface area contributed by atoms with Crippen LogP contribution in [0.25, 0.3) is 22.8 Å². The minimum absolute atomic E-state index is 0.112. The summed E-state index contributed by atoms with van der Waals surface area (Å²) in [6, 6.07) is 10.0. The Bertz CT molecular complexity index is 1010. The zero-order valence-electron chi connectivity index (χ0n) is 14.5. The van der Waals surface area contributed by atoms with Gasteiger partial charge in [0.15, 0.2) is 0 Å². The maximum Gasteiger partial charge on any atom is 0.259 e. The van der Waals surface area contributed by atoms with Crippen molar-refractivity contribution in [2.75, 3.05) is 5.32 Å². The van der Waals surface area contributed by atoms with E-state index in [0.717, 1.165) is 0 Å². The van der Waals surface area contributed by atoms with Gasteiger partial charge in [-0.3, -0.25) is 4.68 Å². The average molecular weight is 365 g/mol. The molecule has 1 atom stereocenters. The van der Waals surface area contributed by atoms with Gasteiger partial charge in [-0.1, -0.05) is 17.3 Å². The van der Waals surface area contributed by atoms with Crippen molar-refractivity contribution < 1.29 is 8.91 Å². The Hall–Kier alpha value is -3.62. The van der Waals surface area contributed by atoms with Crippen LogP contribution in [-0.2, 0) is 6.54 Å². The number of rotatable bonds is 6. The Morgan fingerprint density at radius 3 is 2.85 bits per heavy atom. The molecule has 1 aromatic carbocycles. The SMILES string of the molecule is C[C@H](Cn1cncn1)Nc1ccc(-c2nc(-c3ccccc3F)no2)cn1. The van der Waals surface area contributed by atoms with Gasteiger partial charge in [-0.15, -0.1) is 0 Å². The second-order valence-electron chi connectivity index (χ2n) is 6.00. The number of benzene rings is 1. The van der Waals surface area contributed by atoms with E-state index in [-0.39, 0.29) is 17.8 Å². The van der Waals surface area contributed by atoms with Crippen LogP contribution in [0.5, 0.6) is 0 Å². The lowest BCUT2D eigenvalue weighted by atomic mass is 10.2. The van der Waals surface area contributed by atoms with Crippen molar-refractivity contribution in [2.45, 2.75) is 19.5 Å². The maximum absolute atomic E-state index is 13.8. The number of halogens is 1. The van der Waals surface area contributed by atoms with E-state index in [1.807, 2.05) is 19.1 Å². The first kappa shape index (κ1) is 16.8. The standard InChI is InChI=1S/C18H16FN7O/c1-12(9-26-11-20-10-22-26)23-16-7-6-13(8-21-16)18-24-17(25-27-18)14-4-2-3-5-15(14)19/h2-8,10-12H,9H2,1H3,(H,21,23)/t12-/m1/s1. The first-order valence-electron chi connectivity index (χ1n) is 8.33. The van der Waals surface area contributed by atoms with Crippen LogP contribution in [0.3, 0.4) is 0 Å². The fourth-order valence-corrected chi connectivity index (χ4v) is 2.60. The lowest BCUT2D eigenvalue weighted by Crippen LogP contribution is -2.22. The first-order valence-corrected chi connectivity index (χ1v) is 8.33. The van der Waals surface area contributed by atoms with Gasteiger partial charge in [0.1, 0.15) is 24.3 Å². The fourth-order valence-electron chi connectivity index (χ4n) is 2.60. The van der Waals surface area contributed by atoms with E-state index in [9.17, 15) is 4.39 Å². The molecule has 1 N–H and O–H groups in total. The van der Waals surface area contributed by atoms with Crippen LogP contribution in [0, 0.1) is 5.82 Å². The summed E-state index contributed by atoms with van der Waals surface area (Å²) in [5.74, 6) is 0.791. The molecule has 0 saturated heterocycles. The molecular weight excluding hydrogens is 349 g/mol. The van der Waals surface area contributed by atoms with E-state index in [2.05, 4.69) is 30.5 Å². The molecule has 8 nitrogen and oxygen atoms in total. The highest BCUT2D eigenvalue weighted by Gasteiger charge is 2.14. The Balaban J connectivity index is 1.46. The number of pyridine rings is 1. The minimum Gasteiger partial charge on any atom is -0.366 e. The minimum atomic E-state index is -0.399. The largest absolute Gasteiger partial charge is 0.366 e. The smallest absolute Gasteiger partial charge is 0.259 e. The Morgan fingerprint density at radius 1 is 1.22 bits per heavy atom. The first-order chi connectivity index (χ1) is 13.2. The van der Waals surface area contributed by atoms with Gasteiger partial charge in [0.25, 0.3) is 5.89 Å². The summed E-state index contributed by atoms with van der Waals surface area (Å²) in [6.45, 7) is 2.69. The monoisotopic (exact) mass is 365 g/mol. The Labute approximate surface area is 154 Å². The highest BCUT2D eigenvalue weighted by molar-refractivity contribution is 5.60. The van der Waals surface area contributed by atoms with Gasteiger partial charge in [0.05, 0.1) is 17.7 Å². The zero-order chi connectivity index (χ0) is 18.6. The number of anilines is 1. The summed E-state index contributed by atoms with van der Waals surface area (Å²) in [5, 5.41) is 11.2. The molecule has 0 fully saturated rings. The van der Waals surface area contributed by atoms with E-state index in [4.69, 9.17) is 4.52 Å². The third-order valence-electron chi connectivity index (χ3n) is 3.87. The number of nitrogens with zero attached hydrogens (tertiary/aromatic N) is 6. The molecule has 4 aromatic rings. The fraction of sp³-hybridized carbons (Fsp3) is 0.167. The second-order valence-corrected chi connectivity index (χ2v) is 6.00. The number of hydrogen-bond donors (Lipinski definition) is 1. The number of aromatic nitrogens is 6. The van der Waals surface area contributed by atoms with E-state index < -0.39 is 5.82 Å². The topological polar surface area (TPSA) is 94.6 Å². The van der Waals surface area contributed by atoms with Crippen LogP contribution in [0.15, 0.2) is 59.8 Å². The quantitative estimate of drug-likeness (QED) is 0.561. The van der Waals surface area contributed by atoms with Gasteiger partial charge in [-0.05, 0) is 31.2 Å². The molecule has 4 rings (SSSR count). The van der Waals surface area contributed by atoms with E-state index >= 15 is 0 Å². The van der Waals surface area contributed by atoms with Crippen LogP contribution in [-0.4, -0.2) is 35.9 Å². The molecule has 3 heterocycles. The molecule has 0 bridgehead atoms. The summed E-state index contributed by atoms with van der Waals surface area (Å²) in [6.07, 6.45) is 4.79. The number of nitrogens with one attached hydrogen (secondary N) is 1. The third kappa shape index (κ3) is 3.81. The summed E-state index contributed by atoms with van der Waals surface area (Å²) in [5.41, 5.74) is 0.945. The molecule has 0 aliphatic carbocycles. The molecule has 3 aromatic heterocycles. The van der Waals surface area contributed by atoms with Gasteiger partial charge in [-0.2, -0.15) is 10.1 Å². The van der Waals surface area contributed by atoms with Crippen LogP contribution in [0.2, 0.25) is 0 Å². The molecule has 0 unspecified atom stereocenters. The number of hydrogen-bond acceptors (Lipinski definition) is 7. The van der Waals surface area contributed by atoms with Crippen LogP contribution >= 0.6 is 0 Å². The van der Waals surface area contributed by atoms with Gasteiger partial charge in [0.2, 0.25) is 5.82 Å². The van der Waals surface area contributed by atoms with Crippen molar-refractivity contribution in [3.05, 3.63) is 61.1 Å².